The molecule has 3 rings (SSSR count). The molecule has 0 spiro atoms. The molecule has 1 amide bonds. The van der Waals surface area contributed by atoms with Crippen molar-refractivity contribution in [3.63, 3.8) is 0 Å². The van der Waals surface area contributed by atoms with Crippen molar-refractivity contribution in [1.29, 1.82) is 0 Å². The summed E-state index contributed by atoms with van der Waals surface area (Å²) in [7, 11) is 2.24. The van der Waals surface area contributed by atoms with Crippen LogP contribution in [0.4, 0.5) is 4.79 Å². The Morgan fingerprint density at radius 3 is 2.27 bits per heavy atom. The maximum atomic E-state index is 12.8. The summed E-state index contributed by atoms with van der Waals surface area (Å²) in [6, 6.07) is 1.92. The Kier molecular flexibility index (Phi) is 4.38. The first-order valence-corrected chi connectivity index (χ1v) is 8.79. The minimum absolute atomic E-state index is 0.116. The molecule has 1 N–H and O–H groups in total. The summed E-state index contributed by atoms with van der Waals surface area (Å²) in [6.45, 7) is 7.77. The molecule has 0 aromatic rings. The van der Waals surface area contributed by atoms with Crippen molar-refractivity contribution in [1.82, 2.24) is 15.1 Å². The van der Waals surface area contributed by atoms with Crippen molar-refractivity contribution in [2.75, 3.05) is 20.1 Å². The van der Waals surface area contributed by atoms with Crippen LogP contribution < -0.4 is 5.32 Å². The van der Waals surface area contributed by atoms with Gasteiger partial charge in [-0.3, -0.25) is 0 Å². The molecule has 3 fully saturated rings. The maximum absolute atomic E-state index is 12.8. The predicted octanol–water partition coefficient (Wildman–Crippen LogP) is 2.21. The number of rotatable bonds is 2. The molecular weight excluding hydrogens is 278 g/mol. The van der Waals surface area contributed by atoms with E-state index < -0.39 is 5.60 Å². The van der Waals surface area contributed by atoms with Crippen LogP contribution in [0.25, 0.3) is 0 Å². The molecule has 3 aliphatic heterocycles. The summed E-state index contributed by atoms with van der Waals surface area (Å²) in [5.41, 5.74) is -0.425. The average molecular weight is 309 g/mol. The van der Waals surface area contributed by atoms with E-state index in [4.69, 9.17) is 4.74 Å². The van der Waals surface area contributed by atoms with Crippen molar-refractivity contribution in [2.45, 2.75) is 82.6 Å². The molecule has 0 saturated carbocycles. The third-order valence-corrected chi connectivity index (χ3v) is 5.50. The van der Waals surface area contributed by atoms with Crippen LogP contribution in [-0.4, -0.2) is 65.8 Å². The van der Waals surface area contributed by atoms with Crippen LogP contribution in [0.1, 0.15) is 52.9 Å². The van der Waals surface area contributed by atoms with Gasteiger partial charge in [-0.05, 0) is 66.5 Å². The van der Waals surface area contributed by atoms with Crippen LogP contribution >= 0.6 is 0 Å². The minimum atomic E-state index is -0.425. The van der Waals surface area contributed by atoms with E-state index in [1.165, 1.54) is 12.8 Å². The number of nitrogens with one attached hydrogen (secondary N) is 1. The zero-order valence-corrected chi connectivity index (χ0v) is 14.5. The van der Waals surface area contributed by atoms with Gasteiger partial charge in [-0.1, -0.05) is 0 Å². The van der Waals surface area contributed by atoms with Crippen molar-refractivity contribution in [3.8, 4) is 0 Å². The Hall–Kier alpha value is -0.810. The smallest absolute Gasteiger partial charge is 0.410 e. The van der Waals surface area contributed by atoms with Crippen molar-refractivity contribution < 1.29 is 9.53 Å². The molecule has 5 nitrogen and oxygen atoms in total. The lowest BCUT2D eigenvalue weighted by atomic mass is 9.95. The quantitative estimate of drug-likeness (QED) is 0.849. The van der Waals surface area contributed by atoms with Gasteiger partial charge in [-0.15, -0.1) is 0 Å². The third-order valence-electron chi connectivity index (χ3n) is 5.50. The fourth-order valence-electron chi connectivity index (χ4n) is 4.40. The number of piperidine rings is 1. The molecule has 3 unspecified atom stereocenters. The Bertz CT molecular complexity index is 401. The summed E-state index contributed by atoms with van der Waals surface area (Å²) in [5.74, 6) is 0. The van der Waals surface area contributed by atoms with Gasteiger partial charge in [0.15, 0.2) is 0 Å². The Morgan fingerprint density at radius 2 is 1.77 bits per heavy atom. The molecule has 3 atom stereocenters. The van der Waals surface area contributed by atoms with Crippen LogP contribution in [0.3, 0.4) is 0 Å². The number of carbonyl (C=O) groups is 1. The van der Waals surface area contributed by atoms with Crippen molar-refractivity contribution >= 4 is 6.09 Å². The van der Waals surface area contributed by atoms with Gasteiger partial charge >= 0.3 is 6.09 Å². The van der Waals surface area contributed by atoms with Crippen LogP contribution in [0, 0.1) is 0 Å². The molecule has 3 saturated heterocycles. The normalized spacial score (nSPS) is 35.6. The molecule has 3 aliphatic rings. The highest BCUT2D eigenvalue weighted by molar-refractivity contribution is 5.69. The number of amides is 1. The largest absolute Gasteiger partial charge is 0.444 e. The van der Waals surface area contributed by atoms with Crippen molar-refractivity contribution in [3.05, 3.63) is 0 Å². The molecule has 0 aromatic heterocycles. The second-order valence-corrected chi connectivity index (χ2v) is 8.21. The molecule has 22 heavy (non-hydrogen) atoms. The second-order valence-electron chi connectivity index (χ2n) is 8.21. The van der Waals surface area contributed by atoms with Crippen LogP contribution in [-0.2, 0) is 4.74 Å². The van der Waals surface area contributed by atoms with E-state index in [0.717, 1.165) is 32.4 Å². The topological polar surface area (TPSA) is 44.8 Å². The van der Waals surface area contributed by atoms with E-state index in [2.05, 4.69) is 22.2 Å². The second kappa shape index (κ2) is 6.00. The van der Waals surface area contributed by atoms with E-state index >= 15 is 0 Å². The fourth-order valence-corrected chi connectivity index (χ4v) is 4.40. The standard InChI is InChI=1S/C17H31N3O2/c1-17(2,3)22-16(21)20(14-7-8-18-11-14)15-9-12-5-6-13(10-15)19(12)4/h12-15,18H,5-11H2,1-4H3. The number of carbonyl (C=O) groups excluding carboxylic acids is 1. The summed E-state index contributed by atoms with van der Waals surface area (Å²) in [4.78, 5) is 17.4. The van der Waals surface area contributed by atoms with Gasteiger partial charge in [0.25, 0.3) is 0 Å². The van der Waals surface area contributed by atoms with Crippen LogP contribution in [0.15, 0.2) is 0 Å². The highest BCUT2D eigenvalue weighted by atomic mass is 16.6. The maximum Gasteiger partial charge on any atom is 0.410 e. The minimum Gasteiger partial charge on any atom is -0.444 e. The van der Waals surface area contributed by atoms with Gasteiger partial charge < -0.3 is 19.9 Å². The molecule has 126 valence electrons. The van der Waals surface area contributed by atoms with Gasteiger partial charge in [0.1, 0.15) is 5.60 Å². The molecular formula is C17H31N3O2. The lowest BCUT2D eigenvalue weighted by molar-refractivity contribution is -0.00783. The summed E-state index contributed by atoms with van der Waals surface area (Å²) in [5, 5.41) is 3.40. The average Bonchev–Trinajstić information content (AvgIpc) is 2.95. The lowest BCUT2D eigenvalue weighted by Gasteiger charge is -2.44. The van der Waals surface area contributed by atoms with Gasteiger partial charge in [0.05, 0.1) is 0 Å². The first kappa shape index (κ1) is 16.1. The molecule has 0 aliphatic carbocycles. The Labute approximate surface area is 134 Å². The van der Waals surface area contributed by atoms with Crippen LogP contribution in [0.2, 0.25) is 0 Å². The summed E-state index contributed by atoms with van der Waals surface area (Å²) in [6.07, 6.45) is 5.69. The number of ether oxygens (including phenoxy) is 1. The first-order valence-electron chi connectivity index (χ1n) is 8.79. The molecule has 5 heteroatoms. The SMILES string of the molecule is CN1C2CCC1CC(N(C(=O)OC(C)(C)C)C1CCNC1)C2. The zero-order chi connectivity index (χ0) is 15.9. The lowest BCUT2D eigenvalue weighted by Crippen LogP contribution is -2.55. The Morgan fingerprint density at radius 1 is 1.14 bits per heavy atom. The van der Waals surface area contributed by atoms with Crippen molar-refractivity contribution in [2.24, 2.45) is 0 Å². The fraction of sp³-hybridized carbons (Fsp3) is 0.941. The molecule has 3 heterocycles. The predicted molar refractivity (Wildman–Crippen MR) is 86.9 cm³/mol. The van der Waals surface area contributed by atoms with Gasteiger partial charge in [0, 0.05) is 30.7 Å². The first-order chi connectivity index (χ1) is 10.3. The highest BCUT2D eigenvalue weighted by Gasteiger charge is 2.44. The van der Waals surface area contributed by atoms with Crippen LogP contribution in [0.5, 0.6) is 0 Å². The molecule has 0 radical (unpaired) electrons. The Balaban J connectivity index is 1.75. The number of fused-ring (bicyclic) bond motifs is 2. The molecule has 0 aromatic carbocycles. The number of nitrogens with zero attached hydrogens (tertiary/aromatic N) is 2. The number of hydrogen-bond donors (Lipinski definition) is 1. The zero-order valence-electron chi connectivity index (χ0n) is 14.5. The summed E-state index contributed by atoms with van der Waals surface area (Å²) < 4.78 is 5.73. The third kappa shape index (κ3) is 3.25. The monoisotopic (exact) mass is 309 g/mol. The highest BCUT2D eigenvalue weighted by Crippen LogP contribution is 2.37. The van der Waals surface area contributed by atoms with Gasteiger partial charge in [-0.2, -0.15) is 0 Å². The summed E-state index contributed by atoms with van der Waals surface area (Å²) >= 11 is 0. The van der Waals surface area contributed by atoms with E-state index in [9.17, 15) is 4.79 Å². The van der Waals surface area contributed by atoms with E-state index in [1.54, 1.807) is 0 Å². The van der Waals surface area contributed by atoms with Gasteiger partial charge in [0.2, 0.25) is 0 Å². The molecule has 2 bridgehead atoms. The van der Waals surface area contributed by atoms with E-state index in [0.29, 0.717) is 24.2 Å². The number of hydrogen-bond acceptors (Lipinski definition) is 4. The van der Waals surface area contributed by atoms with E-state index in [-0.39, 0.29) is 6.09 Å². The van der Waals surface area contributed by atoms with E-state index in [1.807, 2.05) is 20.8 Å². The van der Waals surface area contributed by atoms with Gasteiger partial charge in [-0.25, -0.2) is 4.79 Å².